The number of furan rings is 1. The number of ether oxygens (including phenoxy) is 1. The van der Waals surface area contributed by atoms with Crippen LogP contribution in [0.25, 0.3) is 11.0 Å². The second-order valence-corrected chi connectivity index (χ2v) is 7.52. The Bertz CT molecular complexity index is 1030. The highest BCUT2D eigenvalue weighted by molar-refractivity contribution is 6.02. The molecule has 2 saturated heterocycles. The fourth-order valence-corrected chi connectivity index (χ4v) is 4.02. The van der Waals surface area contributed by atoms with Gasteiger partial charge >= 0.3 is 12.2 Å². The van der Waals surface area contributed by atoms with E-state index in [1.807, 2.05) is 0 Å². The van der Waals surface area contributed by atoms with Crippen molar-refractivity contribution < 1.29 is 36.7 Å². The summed E-state index contributed by atoms with van der Waals surface area (Å²) in [4.78, 5) is 40.0. The zero-order chi connectivity index (χ0) is 22.3. The smallest absolute Gasteiger partial charge is 0.406 e. The number of amides is 4. The number of urea groups is 1. The summed E-state index contributed by atoms with van der Waals surface area (Å²) < 4.78 is 48.8. The number of carbonyl (C=O) groups is 3. The number of hydrogen-bond acceptors (Lipinski definition) is 5. The zero-order valence-corrected chi connectivity index (χ0v) is 16.6. The van der Waals surface area contributed by atoms with E-state index in [0.717, 1.165) is 5.39 Å². The summed E-state index contributed by atoms with van der Waals surface area (Å²) in [7, 11) is 1.50. The lowest BCUT2D eigenvalue weighted by Gasteiger charge is -2.35. The lowest BCUT2D eigenvalue weighted by molar-refractivity contribution is -0.151. The van der Waals surface area contributed by atoms with Crippen molar-refractivity contribution in [1.29, 1.82) is 0 Å². The quantitative estimate of drug-likeness (QED) is 0.685. The number of likely N-dealkylation sites (tertiary alicyclic amines) is 1. The Kier molecular flexibility index (Phi) is 5.28. The topological polar surface area (TPSA) is 83.3 Å². The van der Waals surface area contributed by atoms with Crippen molar-refractivity contribution in [3.8, 4) is 5.75 Å². The SMILES string of the molecule is COc1cccc2cc(C(=O)N3CCC(N4CC(=O)N(CC(F)(F)F)C4=O)CC3)oc12. The van der Waals surface area contributed by atoms with Crippen LogP contribution in [0.3, 0.4) is 0 Å². The highest BCUT2D eigenvalue weighted by atomic mass is 19.4. The van der Waals surface area contributed by atoms with Crippen molar-refractivity contribution in [2.24, 2.45) is 0 Å². The molecule has 1 aromatic heterocycles. The second-order valence-electron chi connectivity index (χ2n) is 7.52. The first kappa shape index (κ1) is 21.0. The number of hydrogen-bond donors (Lipinski definition) is 0. The van der Waals surface area contributed by atoms with Crippen LogP contribution in [0, 0.1) is 0 Å². The average molecular weight is 439 g/mol. The van der Waals surface area contributed by atoms with E-state index >= 15 is 0 Å². The van der Waals surface area contributed by atoms with Crippen LogP contribution in [0.15, 0.2) is 28.7 Å². The van der Waals surface area contributed by atoms with E-state index in [9.17, 15) is 27.6 Å². The fraction of sp³-hybridized carbons (Fsp3) is 0.450. The van der Waals surface area contributed by atoms with Gasteiger partial charge in [-0.2, -0.15) is 13.2 Å². The van der Waals surface area contributed by atoms with E-state index in [1.165, 1.54) is 12.0 Å². The molecule has 0 atom stereocenters. The molecule has 0 N–H and O–H groups in total. The van der Waals surface area contributed by atoms with Gasteiger partial charge in [0, 0.05) is 24.5 Å². The molecule has 166 valence electrons. The fourth-order valence-electron chi connectivity index (χ4n) is 4.02. The molecule has 0 radical (unpaired) electrons. The number of fused-ring (bicyclic) bond motifs is 1. The maximum atomic E-state index is 12.8. The maximum absolute atomic E-state index is 12.8. The number of carbonyl (C=O) groups excluding carboxylic acids is 3. The number of para-hydroxylation sites is 1. The monoisotopic (exact) mass is 439 g/mol. The molecule has 2 aliphatic heterocycles. The van der Waals surface area contributed by atoms with Crippen LogP contribution >= 0.6 is 0 Å². The van der Waals surface area contributed by atoms with Crippen molar-refractivity contribution in [2.45, 2.75) is 25.1 Å². The first-order chi connectivity index (χ1) is 14.7. The van der Waals surface area contributed by atoms with Gasteiger partial charge < -0.3 is 19.0 Å². The number of rotatable bonds is 4. The van der Waals surface area contributed by atoms with E-state index in [1.54, 1.807) is 29.2 Å². The number of piperidine rings is 1. The van der Waals surface area contributed by atoms with Gasteiger partial charge in [0.15, 0.2) is 17.1 Å². The summed E-state index contributed by atoms with van der Waals surface area (Å²) in [5, 5.41) is 0.725. The minimum absolute atomic E-state index is 0.154. The molecule has 2 aromatic rings. The highest BCUT2D eigenvalue weighted by Gasteiger charge is 2.45. The maximum Gasteiger partial charge on any atom is 0.406 e. The molecular weight excluding hydrogens is 419 g/mol. The number of methoxy groups -OCH3 is 1. The predicted molar refractivity (Wildman–Crippen MR) is 102 cm³/mol. The predicted octanol–water partition coefficient (Wildman–Crippen LogP) is 2.87. The molecule has 31 heavy (non-hydrogen) atoms. The molecule has 2 fully saturated rings. The third-order valence-electron chi connectivity index (χ3n) is 5.55. The molecule has 8 nitrogen and oxygen atoms in total. The number of halogens is 3. The summed E-state index contributed by atoms with van der Waals surface area (Å²) in [5.41, 5.74) is 0.467. The van der Waals surface area contributed by atoms with Crippen molar-refractivity contribution in [3.63, 3.8) is 0 Å². The average Bonchev–Trinajstić information content (AvgIpc) is 3.29. The van der Waals surface area contributed by atoms with E-state index in [2.05, 4.69) is 0 Å². The molecule has 0 unspecified atom stereocenters. The van der Waals surface area contributed by atoms with Crippen LogP contribution in [-0.2, 0) is 4.79 Å². The van der Waals surface area contributed by atoms with Gasteiger partial charge in [-0.05, 0) is 25.0 Å². The van der Waals surface area contributed by atoms with E-state index < -0.39 is 30.7 Å². The Labute approximate surface area is 175 Å². The molecule has 3 heterocycles. The Morgan fingerprint density at radius 3 is 2.58 bits per heavy atom. The molecule has 0 spiro atoms. The van der Waals surface area contributed by atoms with Gasteiger partial charge in [-0.1, -0.05) is 12.1 Å². The molecule has 0 aliphatic carbocycles. The Hall–Kier alpha value is -3.24. The standard InChI is InChI=1S/C20H20F3N3O5/c1-30-14-4-2-3-12-9-15(31-17(12)14)18(28)24-7-5-13(6-8-24)25-10-16(27)26(19(25)29)11-20(21,22)23/h2-4,9,13H,5-8,10-11H2,1H3. The van der Waals surface area contributed by atoms with Crippen LogP contribution in [0.5, 0.6) is 5.75 Å². The number of nitrogens with zero attached hydrogens (tertiary/aromatic N) is 3. The van der Waals surface area contributed by atoms with Gasteiger partial charge in [-0.25, -0.2) is 4.79 Å². The van der Waals surface area contributed by atoms with Gasteiger partial charge in [0.25, 0.3) is 11.8 Å². The summed E-state index contributed by atoms with van der Waals surface area (Å²) in [6.45, 7) is -1.39. The first-order valence-electron chi connectivity index (χ1n) is 9.71. The van der Waals surface area contributed by atoms with E-state index in [4.69, 9.17) is 9.15 Å². The minimum Gasteiger partial charge on any atom is -0.493 e. The molecule has 2 aliphatic rings. The Morgan fingerprint density at radius 1 is 1.23 bits per heavy atom. The molecule has 1 aromatic carbocycles. The Balaban J connectivity index is 1.40. The van der Waals surface area contributed by atoms with Gasteiger partial charge in [-0.15, -0.1) is 0 Å². The van der Waals surface area contributed by atoms with Crippen LogP contribution in [0.2, 0.25) is 0 Å². The summed E-state index contributed by atoms with van der Waals surface area (Å²) in [5.74, 6) is -0.520. The zero-order valence-electron chi connectivity index (χ0n) is 16.6. The van der Waals surface area contributed by atoms with Crippen molar-refractivity contribution >= 4 is 28.8 Å². The van der Waals surface area contributed by atoms with Gasteiger partial charge in [-0.3, -0.25) is 14.5 Å². The van der Waals surface area contributed by atoms with Crippen LogP contribution < -0.4 is 4.74 Å². The third kappa shape index (κ3) is 4.04. The number of alkyl halides is 3. The normalized spacial score (nSPS) is 18.4. The first-order valence-corrected chi connectivity index (χ1v) is 9.71. The third-order valence-corrected chi connectivity index (χ3v) is 5.55. The Morgan fingerprint density at radius 2 is 1.94 bits per heavy atom. The van der Waals surface area contributed by atoms with Crippen LogP contribution in [0.1, 0.15) is 23.4 Å². The van der Waals surface area contributed by atoms with Crippen molar-refractivity contribution in [1.82, 2.24) is 14.7 Å². The molecule has 11 heteroatoms. The summed E-state index contributed by atoms with van der Waals surface area (Å²) in [6, 6.07) is 5.59. The van der Waals surface area contributed by atoms with E-state index in [0.29, 0.717) is 24.2 Å². The molecule has 0 saturated carbocycles. The minimum atomic E-state index is -4.65. The van der Waals surface area contributed by atoms with Crippen molar-refractivity contribution in [2.75, 3.05) is 33.3 Å². The largest absolute Gasteiger partial charge is 0.493 e. The lowest BCUT2D eigenvalue weighted by Crippen LogP contribution is -2.48. The molecule has 4 rings (SSSR count). The van der Waals surface area contributed by atoms with Crippen molar-refractivity contribution in [3.05, 3.63) is 30.0 Å². The van der Waals surface area contributed by atoms with Gasteiger partial charge in [0.1, 0.15) is 13.1 Å². The number of imide groups is 1. The van der Waals surface area contributed by atoms with Gasteiger partial charge in [0.05, 0.1) is 7.11 Å². The van der Waals surface area contributed by atoms with E-state index in [-0.39, 0.29) is 36.2 Å². The lowest BCUT2D eigenvalue weighted by atomic mass is 10.0. The van der Waals surface area contributed by atoms with Crippen LogP contribution in [-0.4, -0.2) is 78.1 Å². The molecule has 0 bridgehead atoms. The number of benzene rings is 1. The summed E-state index contributed by atoms with van der Waals surface area (Å²) >= 11 is 0. The highest BCUT2D eigenvalue weighted by Crippen LogP contribution is 2.30. The summed E-state index contributed by atoms with van der Waals surface area (Å²) in [6.07, 6.45) is -3.94. The second kappa shape index (κ2) is 7.78. The molecule has 4 amide bonds. The van der Waals surface area contributed by atoms with Crippen LogP contribution in [0.4, 0.5) is 18.0 Å². The molecular formula is C20H20F3N3O5. The van der Waals surface area contributed by atoms with Gasteiger partial charge in [0.2, 0.25) is 0 Å².